The van der Waals surface area contributed by atoms with E-state index >= 15 is 0 Å². The summed E-state index contributed by atoms with van der Waals surface area (Å²) in [4.78, 5) is 2.32. The summed E-state index contributed by atoms with van der Waals surface area (Å²) < 4.78 is 41.0. The quantitative estimate of drug-likeness (QED) is 0.795. The summed E-state index contributed by atoms with van der Waals surface area (Å²) in [5, 5.41) is 5.32. The van der Waals surface area contributed by atoms with Crippen molar-refractivity contribution in [3.8, 4) is 0 Å². The summed E-state index contributed by atoms with van der Waals surface area (Å²) in [6.07, 6.45) is 4.30. The lowest BCUT2D eigenvalue weighted by Gasteiger charge is -2.38. The summed E-state index contributed by atoms with van der Waals surface area (Å²) in [5.41, 5.74) is 8.86. The first-order chi connectivity index (χ1) is 14.6. The third kappa shape index (κ3) is 4.13. The number of aromatic nitrogens is 2. The number of hydrogen-bond acceptors (Lipinski definition) is 6. The van der Waals surface area contributed by atoms with E-state index in [1.807, 2.05) is 4.09 Å². The monoisotopic (exact) mass is 436 g/mol. The molecule has 0 spiro atoms. The molecule has 30 heavy (non-hydrogen) atoms. The summed E-state index contributed by atoms with van der Waals surface area (Å²) in [7, 11) is 0. The van der Waals surface area contributed by atoms with Crippen molar-refractivity contribution in [1.29, 1.82) is 0 Å². The molecule has 3 atom stereocenters. The lowest BCUT2D eigenvalue weighted by atomic mass is 9.93. The van der Waals surface area contributed by atoms with Crippen LogP contribution in [-0.4, -0.2) is 51.2 Å². The Morgan fingerprint density at radius 3 is 2.77 bits per heavy atom. The minimum atomic E-state index is -0.623. The zero-order chi connectivity index (χ0) is 20.7. The van der Waals surface area contributed by atoms with Crippen LogP contribution in [0, 0.1) is 11.6 Å². The highest BCUT2D eigenvalue weighted by atomic mass is 32.2. The molecule has 6 nitrogen and oxygen atoms in total. The number of benzene rings is 1. The molecule has 0 aliphatic carbocycles. The Morgan fingerprint density at radius 2 is 2.00 bits per heavy atom. The Labute approximate surface area is 178 Å². The highest BCUT2D eigenvalue weighted by Crippen LogP contribution is 2.34. The molecule has 1 aromatic heterocycles. The van der Waals surface area contributed by atoms with Crippen molar-refractivity contribution >= 4 is 11.9 Å². The first kappa shape index (κ1) is 20.4. The molecule has 2 saturated heterocycles. The maximum Gasteiger partial charge on any atom is 0.129 e. The molecule has 1 aromatic carbocycles. The smallest absolute Gasteiger partial charge is 0.129 e. The van der Waals surface area contributed by atoms with Gasteiger partial charge in [0, 0.05) is 61.0 Å². The molecule has 3 aliphatic rings. The number of rotatable bonds is 4. The van der Waals surface area contributed by atoms with Gasteiger partial charge in [0.2, 0.25) is 0 Å². The zero-order valence-corrected chi connectivity index (χ0v) is 17.5. The van der Waals surface area contributed by atoms with Crippen LogP contribution in [0.3, 0.4) is 0 Å². The van der Waals surface area contributed by atoms with Crippen LogP contribution >= 0.6 is 11.9 Å². The van der Waals surface area contributed by atoms with E-state index in [0.717, 1.165) is 57.0 Å². The van der Waals surface area contributed by atoms with Crippen LogP contribution in [-0.2, 0) is 22.6 Å². The van der Waals surface area contributed by atoms with Gasteiger partial charge in [-0.2, -0.15) is 5.10 Å². The van der Waals surface area contributed by atoms with Gasteiger partial charge in [0.05, 0.1) is 12.3 Å². The van der Waals surface area contributed by atoms with Gasteiger partial charge in [-0.25, -0.2) is 12.9 Å². The van der Waals surface area contributed by atoms with E-state index in [1.54, 1.807) is 11.9 Å². The molecule has 3 aliphatic heterocycles. The number of halogens is 2. The van der Waals surface area contributed by atoms with Crippen molar-refractivity contribution < 1.29 is 18.3 Å². The standard InChI is InChI=1S/C21H26F2N4O2S/c22-14-1-2-18(23)17(7-14)21-19(24)8-15(12-29-21)26-9-13-10-27(25-20(13)11-26)30-16-3-5-28-6-4-16/h1-2,7,10,15-16,19,21H,3-6,8-9,11-12,24H2/t15?,19?,21-/m1/s1. The second-order valence-electron chi connectivity index (χ2n) is 8.30. The second kappa shape index (κ2) is 8.55. The van der Waals surface area contributed by atoms with E-state index < -0.39 is 23.8 Å². The Hall–Kier alpha value is -1.52. The second-order valence-corrected chi connectivity index (χ2v) is 9.55. The number of fused-ring (bicyclic) bond motifs is 1. The topological polar surface area (TPSA) is 65.5 Å². The van der Waals surface area contributed by atoms with Crippen LogP contribution in [0.5, 0.6) is 0 Å². The predicted octanol–water partition coefficient (Wildman–Crippen LogP) is 3.01. The van der Waals surface area contributed by atoms with E-state index in [4.69, 9.17) is 20.3 Å². The first-order valence-corrected chi connectivity index (χ1v) is 11.3. The van der Waals surface area contributed by atoms with Crippen molar-refractivity contribution in [2.75, 3.05) is 19.8 Å². The Morgan fingerprint density at radius 1 is 1.17 bits per heavy atom. The maximum atomic E-state index is 14.1. The predicted molar refractivity (Wildman–Crippen MR) is 110 cm³/mol. The van der Waals surface area contributed by atoms with Crippen molar-refractivity contribution in [1.82, 2.24) is 14.1 Å². The third-order valence-corrected chi connectivity index (χ3v) is 7.36. The van der Waals surface area contributed by atoms with Crippen LogP contribution in [0.2, 0.25) is 0 Å². The van der Waals surface area contributed by atoms with Gasteiger partial charge in [0.1, 0.15) is 17.7 Å². The molecule has 0 saturated carbocycles. The van der Waals surface area contributed by atoms with Crippen molar-refractivity contribution in [3.63, 3.8) is 0 Å². The molecule has 0 bridgehead atoms. The number of nitrogens with zero attached hydrogens (tertiary/aromatic N) is 3. The zero-order valence-electron chi connectivity index (χ0n) is 16.7. The summed E-state index contributed by atoms with van der Waals surface area (Å²) in [6, 6.07) is 3.17. The van der Waals surface area contributed by atoms with Gasteiger partial charge in [0.15, 0.2) is 0 Å². The van der Waals surface area contributed by atoms with Crippen LogP contribution < -0.4 is 5.73 Å². The van der Waals surface area contributed by atoms with Crippen molar-refractivity contribution in [2.24, 2.45) is 5.73 Å². The fourth-order valence-corrected chi connectivity index (χ4v) is 5.59. The molecule has 2 fully saturated rings. The average Bonchev–Trinajstić information content (AvgIpc) is 3.29. The molecule has 0 radical (unpaired) electrons. The molecule has 9 heteroatoms. The molecule has 2 unspecified atom stereocenters. The molecule has 4 heterocycles. The Bertz CT molecular complexity index is 882. The average molecular weight is 437 g/mol. The lowest BCUT2D eigenvalue weighted by molar-refractivity contribution is -0.0533. The number of hydrogen-bond donors (Lipinski definition) is 1. The van der Waals surface area contributed by atoms with Crippen LogP contribution in [0.1, 0.15) is 42.2 Å². The van der Waals surface area contributed by atoms with Crippen LogP contribution in [0.15, 0.2) is 24.4 Å². The van der Waals surface area contributed by atoms with Gasteiger partial charge in [-0.3, -0.25) is 4.90 Å². The molecular weight excluding hydrogens is 410 g/mol. The SMILES string of the molecule is NC1CC(N2Cc3cn(SC4CCOCC4)nc3C2)CO[C@@H]1c1cc(F)ccc1F. The minimum absolute atomic E-state index is 0.138. The van der Waals surface area contributed by atoms with E-state index in [9.17, 15) is 8.78 Å². The fourth-order valence-electron chi connectivity index (χ4n) is 4.55. The third-order valence-electron chi connectivity index (χ3n) is 6.19. The number of nitrogens with two attached hydrogens (primary N) is 1. The van der Waals surface area contributed by atoms with E-state index in [-0.39, 0.29) is 11.6 Å². The van der Waals surface area contributed by atoms with E-state index in [2.05, 4.69) is 11.1 Å². The highest BCUT2D eigenvalue weighted by molar-refractivity contribution is 7.98. The van der Waals surface area contributed by atoms with Gasteiger partial charge in [0.25, 0.3) is 0 Å². The molecule has 2 aromatic rings. The van der Waals surface area contributed by atoms with Crippen molar-refractivity contribution in [3.05, 3.63) is 52.9 Å². The summed E-state index contributed by atoms with van der Waals surface area (Å²) in [6.45, 7) is 3.67. The van der Waals surface area contributed by atoms with Crippen LogP contribution in [0.4, 0.5) is 8.78 Å². The van der Waals surface area contributed by atoms with Gasteiger partial charge in [-0.15, -0.1) is 0 Å². The first-order valence-electron chi connectivity index (χ1n) is 10.5. The van der Waals surface area contributed by atoms with Crippen LogP contribution in [0.25, 0.3) is 0 Å². The van der Waals surface area contributed by atoms with Gasteiger partial charge in [-0.05, 0) is 49.4 Å². The van der Waals surface area contributed by atoms with Gasteiger partial charge >= 0.3 is 0 Å². The van der Waals surface area contributed by atoms with E-state index in [0.29, 0.717) is 18.3 Å². The Kier molecular flexibility index (Phi) is 5.81. The largest absolute Gasteiger partial charge is 0.381 e. The molecule has 162 valence electrons. The van der Waals surface area contributed by atoms with Gasteiger partial charge in [-0.1, -0.05) is 0 Å². The highest BCUT2D eigenvalue weighted by Gasteiger charge is 2.37. The molecule has 5 rings (SSSR count). The molecule has 2 N–H and O–H groups in total. The normalized spacial score (nSPS) is 28.0. The molecule has 0 amide bonds. The minimum Gasteiger partial charge on any atom is -0.381 e. The van der Waals surface area contributed by atoms with Crippen molar-refractivity contribution in [2.45, 2.75) is 55.8 Å². The maximum absolute atomic E-state index is 14.1. The fraction of sp³-hybridized carbons (Fsp3) is 0.571. The summed E-state index contributed by atoms with van der Waals surface area (Å²) >= 11 is 1.78. The summed E-state index contributed by atoms with van der Waals surface area (Å²) in [5.74, 6) is -0.961. The van der Waals surface area contributed by atoms with E-state index in [1.165, 1.54) is 11.6 Å². The Balaban J connectivity index is 1.19. The molecular formula is C21H26F2N4O2S. The van der Waals surface area contributed by atoms with Gasteiger partial charge < -0.3 is 15.2 Å². The lowest BCUT2D eigenvalue weighted by Crippen LogP contribution is -2.47. The number of ether oxygens (including phenoxy) is 2.